The molecular weight excluding hydrogens is 330 g/mol. The van der Waals surface area contributed by atoms with Crippen LogP contribution in [0.3, 0.4) is 0 Å². The fourth-order valence-corrected chi connectivity index (χ4v) is 4.54. The van der Waals surface area contributed by atoms with Gasteiger partial charge in [-0.25, -0.2) is 10.4 Å². The van der Waals surface area contributed by atoms with E-state index in [1.165, 1.54) is 0 Å². The highest BCUT2D eigenvalue weighted by molar-refractivity contribution is 5.95. The van der Waals surface area contributed by atoms with Gasteiger partial charge in [0.1, 0.15) is 12.7 Å². The minimum Gasteiger partial charge on any atom is -0.324 e. The Balaban J connectivity index is 1.49. The molecule has 1 aromatic carbocycles. The van der Waals surface area contributed by atoms with E-state index >= 15 is 0 Å². The van der Waals surface area contributed by atoms with Crippen molar-refractivity contribution in [3.05, 3.63) is 29.3 Å². The van der Waals surface area contributed by atoms with Crippen LogP contribution in [0.5, 0.6) is 0 Å². The summed E-state index contributed by atoms with van der Waals surface area (Å²) in [6.07, 6.45) is 4.08. The molecule has 2 amide bonds. The lowest BCUT2D eigenvalue weighted by molar-refractivity contribution is -0.162. The molecule has 1 saturated carbocycles. The highest BCUT2D eigenvalue weighted by Gasteiger charge is 2.49. The largest absolute Gasteiger partial charge is 0.324 e. The summed E-state index contributed by atoms with van der Waals surface area (Å²) in [6.45, 7) is 4.72. The Hall–Kier alpha value is -1.96. The number of nitrogens with zero attached hydrogens (tertiary/aromatic N) is 2. The minimum absolute atomic E-state index is 0.0127. The Morgan fingerprint density at radius 3 is 2.88 bits per heavy atom. The number of amides is 2. The second kappa shape index (κ2) is 6.98. The molecule has 3 fully saturated rings. The van der Waals surface area contributed by atoms with Gasteiger partial charge in [0, 0.05) is 18.3 Å². The van der Waals surface area contributed by atoms with Gasteiger partial charge in [0.05, 0.1) is 5.92 Å². The highest BCUT2D eigenvalue weighted by Crippen LogP contribution is 2.35. The first-order chi connectivity index (χ1) is 12.5. The maximum Gasteiger partial charge on any atom is 0.244 e. The van der Waals surface area contributed by atoms with E-state index < -0.39 is 0 Å². The van der Waals surface area contributed by atoms with Gasteiger partial charge in [-0.2, -0.15) is 5.53 Å². The first kappa shape index (κ1) is 17.5. The number of carbonyl (C=O) groups excluding carboxylic acids is 2. The second-order valence-electron chi connectivity index (χ2n) is 7.67. The number of hydrogen-bond acceptors (Lipinski definition) is 5. The van der Waals surface area contributed by atoms with Crippen LogP contribution in [0.15, 0.2) is 18.2 Å². The zero-order valence-electron chi connectivity index (χ0n) is 15.4. The molecule has 3 aliphatic rings. The van der Waals surface area contributed by atoms with Gasteiger partial charge in [-0.3, -0.25) is 9.59 Å². The standard InChI is InChI=1S/C19H27N5O2/c1-12-7-8-15(13(2)9-12)21-17(25)11-23-18-10-20-22-24(18)16-6-4-3-5-14(16)19(23)26/h7-9,14,16,18,20,22H,3-6,10-11H2,1-2H3,(H,21,25). The van der Waals surface area contributed by atoms with Crippen molar-refractivity contribution < 1.29 is 9.59 Å². The summed E-state index contributed by atoms with van der Waals surface area (Å²) in [6, 6.07) is 6.17. The van der Waals surface area contributed by atoms with Crippen LogP contribution in [-0.2, 0) is 9.59 Å². The van der Waals surface area contributed by atoms with E-state index in [1.807, 2.05) is 32.0 Å². The van der Waals surface area contributed by atoms with Crippen molar-refractivity contribution in [3.8, 4) is 0 Å². The summed E-state index contributed by atoms with van der Waals surface area (Å²) < 4.78 is 0. The maximum absolute atomic E-state index is 13.1. The molecule has 0 spiro atoms. The van der Waals surface area contributed by atoms with Crippen molar-refractivity contribution in [1.82, 2.24) is 20.9 Å². The van der Waals surface area contributed by atoms with E-state index in [-0.39, 0.29) is 36.5 Å². The molecule has 0 bridgehead atoms. The molecule has 0 radical (unpaired) electrons. The minimum atomic E-state index is -0.147. The molecular formula is C19H27N5O2. The van der Waals surface area contributed by atoms with Gasteiger partial charge < -0.3 is 10.2 Å². The molecule has 1 aliphatic carbocycles. The van der Waals surface area contributed by atoms with Crippen molar-refractivity contribution in [2.75, 3.05) is 18.4 Å². The maximum atomic E-state index is 13.1. The molecule has 26 heavy (non-hydrogen) atoms. The predicted octanol–water partition coefficient (Wildman–Crippen LogP) is 1.29. The summed E-state index contributed by atoms with van der Waals surface area (Å²) in [5.74, 6) is -0.0371. The number of anilines is 1. The van der Waals surface area contributed by atoms with Gasteiger partial charge in [0.25, 0.3) is 0 Å². The monoisotopic (exact) mass is 357 g/mol. The summed E-state index contributed by atoms with van der Waals surface area (Å²) in [5, 5.41) is 5.11. The summed E-state index contributed by atoms with van der Waals surface area (Å²) >= 11 is 0. The molecule has 3 unspecified atom stereocenters. The molecule has 140 valence electrons. The molecule has 4 rings (SSSR count). The van der Waals surface area contributed by atoms with Crippen LogP contribution in [-0.4, -0.2) is 47.0 Å². The number of benzene rings is 1. The highest BCUT2D eigenvalue weighted by atomic mass is 16.2. The Bertz CT molecular complexity index is 722. The lowest BCUT2D eigenvalue weighted by Crippen LogP contribution is -2.66. The third-order valence-electron chi connectivity index (χ3n) is 5.83. The Labute approximate surface area is 154 Å². The summed E-state index contributed by atoms with van der Waals surface area (Å²) in [5.41, 5.74) is 9.34. The lowest BCUT2D eigenvalue weighted by atomic mass is 9.81. The zero-order valence-corrected chi connectivity index (χ0v) is 15.4. The van der Waals surface area contributed by atoms with Crippen molar-refractivity contribution in [1.29, 1.82) is 0 Å². The summed E-state index contributed by atoms with van der Waals surface area (Å²) in [7, 11) is 0. The van der Waals surface area contributed by atoms with Crippen molar-refractivity contribution in [2.24, 2.45) is 5.92 Å². The topological polar surface area (TPSA) is 76.7 Å². The van der Waals surface area contributed by atoms with E-state index in [9.17, 15) is 9.59 Å². The number of hydrogen-bond donors (Lipinski definition) is 3. The summed E-state index contributed by atoms with van der Waals surface area (Å²) in [4.78, 5) is 27.4. The number of carbonyl (C=O) groups is 2. The Kier molecular flexibility index (Phi) is 4.69. The fourth-order valence-electron chi connectivity index (χ4n) is 4.54. The van der Waals surface area contributed by atoms with Gasteiger partial charge in [0.15, 0.2) is 0 Å². The van der Waals surface area contributed by atoms with Crippen LogP contribution in [0.1, 0.15) is 36.8 Å². The van der Waals surface area contributed by atoms with Gasteiger partial charge in [-0.05, 0) is 38.3 Å². The average Bonchev–Trinajstić information content (AvgIpc) is 3.11. The number of rotatable bonds is 3. The quantitative estimate of drug-likeness (QED) is 0.760. The van der Waals surface area contributed by atoms with Gasteiger partial charge in [-0.1, -0.05) is 30.5 Å². The van der Waals surface area contributed by atoms with Gasteiger partial charge in [0.2, 0.25) is 11.8 Å². The molecule has 2 heterocycles. The van der Waals surface area contributed by atoms with E-state index in [0.717, 1.165) is 42.5 Å². The molecule has 3 atom stereocenters. The molecule has 2 saturated heterocycles. The number of nitrogens with one attached hydrogen (secondary N) is 3. The number of hydrazine groups is 2. The molecule has 7 nitrogen and oxygen atoms in total. The molecule has 7 heteroatoms. The zero-order chi connectivity index (χ0) is 18.3. The average molecular weight is 357 g/mol. The van der Waals surface area contributed by atoms with E-state index in [1.54, 1.807) is 4.90 Å². The molecule has 2 aliphatic heterocycles. The first-order valence-corrected chi connectivity index (χ1v) is 9.49. The molecule has 3 N–H and O–H groups in total. The third kappa shape index (κ3) is 3.11. The Morgan fingerprint density at radius 1 is 1.27 bits per heavy atom. The number of fused-ring (bicyclic) bond motifs is 3. The van der Waals surface area contributed by atoms with Gasteiger partial charge >= 0.3 is 0 Å². The molecule has 1 aromatic rings. The van der Waals surface area contributed by atoms with Crippen molar-refractivity contribution in [3.63, 3.8) is 0 Å². The fraction of sp³-hybridized carbons (Fsp3) is 0.579. The van der Waals surface area contributed by atoms with Crippen LogP contribution in [0, 0.1) is 19.8 Å². The molecule has 0 aromatic heterocycles. The predicted molar refractivity (Wildman–Crippen MR) is 98.8 cm³/mol. The van der Waals surface area contributed by atoms with Crippen LogP contribution in [0.4, 0.5) is 5.69 Å². The first-order valence-electron chi connectivity index (χ1n) is 9.49. The second-order valence-corrected chi connectivity index (χ2v) is 7.67. The SMILES string of the molecule is Cc1ccc(NC(=O)CN2C(=O)C3CCCCC3N3NNCC23)c(C)c1. The third-order valence-corrected chi connectivity index (χ3v) is 5.83. The number of aryl methyl sites for hydroxylation is 2. The smallest absolute Gasteiger partial charge is 0.244 e. The van der Waals surface area contributed by atoms with E-state index in [0.29, 0.717) is 6.54 Å². The van der Waals surface area contributed by atoms with E-state index in [4.69, 9.17) is 0 Å². The Morgan fingerprint density at radius 2 is 2.08 bits per heavy atom. The van der Waals surface area contributed by atoms with Crippen LogP contribution in [0.25, 0.3) is 0 Å². The van der Waals surface area contributed by atoms with Crippen LogP contribution in [0.2, 0.25) is 0 Å². The lowest BCUT2D eigenvalue weighted by Gasteiger charge is -2.48. The van der Waals surface area contributed by atoms with Crippen molar-refractivity contribution >= 4 is 17.5 Å². The van der Waals surface area contributed by atoms with Crippen LogP contribution < -0.4 is 16.3 Å². The van der Waals surface area contributed by atoms with Crippen LogP contribution >= 0.6 is 0 Å². The normalized spacial score (nSPS) is 28.6. The van der Waals surface area contributed by atoms with E-state index in [2.05, 4.69) is 21.3 Å². The van der Waals surface area contributed by atoms with Crippen molar-refractivity contribution in [2.45, 2.75) is 51.7 Å². The van der Waals surface area contributed by atoms with Gasteiger partial charge in [-0.15, -0.1) is 0 Å².